The molecule has 2 atom stereocenters. The van der Waals surface area contributed by atoms with Crippen molar-refractivity contribution in [3.8, 4) is 5.88 Å². The van der Waals surface area contributed by atoms with Gasteiger partial charge in [-0.05, 0) is 50.8 Å². The molecule has 4 nitrogen and oxygen atoms in total. The lowest BCUT2D eigenvalue weighted by Gasteiger charge is -2.23. The summed E-state index contributed by atoms with van der Waals surface area (Å²) in [5, 5.41) is 0.848. The van der Waals surface area contributed by atoms with Gasteiger partial charge in [0, 0.05) is 17.6 Å². The molecule has 1 heterocycles. The molecular weight excluding hydrogens is 322 g/mol. The molecule has 23 heavy (non-hydrogen) atoms. The molecule has 1 aromatic carbocycles. The van der Waals surface area contributed by atoms with Crippen LogP contribution in [0, 0.1) is 11.6 Å². The number of nitrogens with one attached hydrogen (secondary N) is 1. The van der Waals surface area contributed by atoms with Crippen LogP contribution in [0.5, 0.6) is 5.88 Å². The Balaban J connectivity index is 2.53. The summed E-state index contributed by atoms with van der Waals surface area (Å²) in [6, 6.07) is 1.82. The lowest BCUT2D eigenvalue weighted by molar-refractivity contribution is 0.402. The third-order valence-electron chi connectivity index (χ3n) is 3.42. The number of ether oxygens (including phenoxy) is 1. The zero-order chi connectivity index (χ0) is 17.4. The molecule has 0 amide bonds. The normalized spacial score (nSPS) is 14.7. The van der Waals surface area contributed by atoms with E-state index in [-0.39, 0.29) is 11.9 Å². The average molecular weight is 342 g/mol. The van der Waals surface area contributed by atoms with E-state index in [9.17, 15) is 13.0 Å². The number of fused-ring (bicyclic) bond motifs is 1. The van der Waals surface area contributed by atoms with Gasteiger partial charge < -0.3 is 4.74 Å². The van der Waals surface area contributed by atoms with Crippen LogP contribution < -0.4 is 9.46 Å². The molecule has 126 valence electrons. The molecule has 0 saturated heterocycles. The van der Waals surface area contributed by atoms with E-state index in [0.29, 0.717) is 16.3 Å². The summed E-state index contributed by atoms with van der Waals surface area (Å²) < 4.78 is 47.1. The predicted molar refractivity (Wildman–Crippen MR) is 87.7 cm³/mol. The molecule has 2 rings (SSSR count). The van der Waals surface area contributed by atoms with Gasteiger partial charge in [0.25, 0.3) is 0 Å². The largest absolute Gasteiger partial charge is 0.481 e. The summed E-state index contributed by atoms with van der Waals surface area (Å²) in [4.78, 5) is 4.14. The van der Waals surface area contributed by atoms with Crippen LogP contribution in [-0.2, 0) is 11.0 Å². The first-order valence-corrected chi connectivity index (χ1v) is 8.29. The smallest absolute Gasteiger partial charge is 0.221 e. The van der Waals surface area contributed by atoms with Crippen LogP contribution in [0.2, 0.25) is 0 Å². The second-order valence-corrected chi connectivity index (χ2v) is 8.25. The van der Waals surface area contributed by atoms with Gasteiger partial charge in [-0.3, -0.25) is 0 Å². The fourth-order valence-electron chi connectivity index (χ4n) is 2.14. The monoisotopic (exact) mass is 342 g/mol. The molecular formula is C16H20F2N2O2S. The lowest BCUT2D eigenvalue weighted by Crippen LogP contribution is -2.34. The Hall–Kier alpha value is -1.60. The van der Waals surface area contributed by atoms with E-state index in [1.807, 2.05) is 20.8 Å². The van der Waals surface area contributed by atoms with Crippen molar-refractivity contribution in [3.63, 3.8) is 0 Å². The molecule has 1 N–H and O–H groups in total. The van der Waals surface area contributed by atoms with Crippen LogP contribution in [0.3, 0.4) is 0 Å². The van der Waals surface area contributed by atoms with E-state index in [4.69, 9.17) is 4.74 Å². The molecule has 7 heteroatoms. The molecule has 0 aliphatic rings. The lowest BCUT2D eigenvalue weighted by atomic mass is 10.0. The maximum Gasteiger partial charge on any atom is 0.221 e. The van der Waals surface area contributed by atoms with Gasteiger partial charge in [0.1, 0.15) is 0 Å². The Morgan fingerprint density at radius 2 is 1.78 bits per heavy atom. The van der Waals surface area contributed by atoms with Crippen molar-refractivity contribution in [1.29, 1.82) is 0 Å². The van der Waals surface area contributed by atoms with E-state index in [2.05, 4.69) is 9.71 Å². The minimum absolute atomic E-state index is 0.215. The second kappa shape index (κ2) is 6.49. The van der Waals surface area contributed by atoms with Gasteiger partial charge in [-0.25, -0.2) is 22.7 Å². The van der Waals surface area contributed by atoms with Crippen LogP contribution in [0.4, 0.5) is 8.78 Å². The Bertz CT molecular complexity index is 760. The number of aromatic nitrogens is 1. The minimum atomic E-state index is -1.30. The van der Waals surface area contributed by atoms with E-state index >= 15 is 0 Å². The summed E-state index contributed by atoms with van der Waals surface area (Å²) in [6.45, 7) is 7.35. The van der Waals surface area contributed by atoms with Crippen molar-refractivity contribution in [2.45, 2.75) is 38.5 Å². The van der Waals surface area contributed by atoms with E-state index < -0.39 is 27.4 Å². The standard InChI is InChI=1S/C16H20F2N2O2S/c1-9(20-23(21)16(2,3)4)12-8-19-15(22-5)11-7-14(18)13(17)6-10(11)12/h6-9,20H,1-5H3. The highest BCUT2D eigenvalue weighted by Crippen LogP contribution is 2.31. The summed E-state index contributed by atoms with van der Waals surface area (Å²) in [5.74, 6) is -1.70. The SMILES string of the molecule is COc1ncc(C(C)NS(=O)C(C)(C)C)c2cc(F)c(F)cc12. The number of rotatable bonds is 4. The topological polar surface area (TPSA) is 51.2 Å². The Morgan fingerprint density at radius 3 is 2.30 bits per heavy atom. The van der Waals surface area contributed by atoms with E-state index in [1.165, 1.54) is 13.3 Å². The molecule has 0 radical (unpaired) electrons. The number of hydrogen-bond donors (Lipinski definition) is 1. The van der Waals surface area contributed by atoms with Gasteiger partial charge in [-0.2, -0.15) is 0 Å². The number of nitrogens with zero attached hydrogens (tertiary/aromatic N) is 1. The van der Waals surface area contributed by atoms with Crippen molar-refractivity contribution >= 4 is 21.8 Å². The average Bonchev–Trinajstić information content (AvgIpc) is 2.46. The molecule has 2 unspecified atom stereocenters. The number of benzene rings is 1. The summed E-state index contributed by atoms with van der Waals surface area (Å²) >= 11 is 0. The molecule has 0 fully saturated rings. The number of halogens is 2. The van der Waals surface area contributed by atoms with Crippen molar-refractivity contribution < 1.29 is 17.7 Å². The van der Waals surface area contributed by atoms with Gasteiger partial charge in [0.2, 0.25) is 5.88 Å². The first-order chi connectivity index (χ1) is 10.6. The molecule has 0 saturated carbocycles. The number of hydrogen-bond acceptors (Lipinski definition) is 3. The third kappa shape index (κ3) is 3.67. The van der Waals surface area contributed by atoms with Gasteiger partial charge in [-0.15, -0.1) is 0 Å². The Morgan fingerprint density at radius 1 is 1.22 bits per heavy atom. The van der Waals surface area contributed by atoms with Crippen molar-refractivity contribution in [3.05, 3.63) is 35.5 Å². The number of pyridine rings is 1. The van der Waals surface area contributed by atoms with Crippen molar-refractivity contribution in [2.24, 2.45) is 0 Å². The van der Waals surface area contributed by atoms with E-state index in [0.717, 1.165) is 12.1 Å². The minimum Gasteiger partial charge on any atom is -0.481 e. The highest BCUT2D eigenvalue weighted by molar-refractivity contribution is 7.84. The van der Waals surface area contributed by atoms with Crippen LogP contribution in [0.15, 0.2) is 18.3 Å². The van der Waals surface area contributed by atoms with Crippen LogP contribution in [-0.4, -0.2) is 21.0 Å². The van der Waals surface area contributed by atoms with Gasteiger partial charge in [-0.1, -0.05) is 0 Å². The summed E-state index contributed by atoms with van der Waals surface area (Å²) in [5.41, 5.74) is 0.622. The molecule has 2 aromatic rings. The Kier molecular flexibility index (Phi) is 5.01. The zero-order valence-corrected chi connectivity index (χ0v) is 14.6. The number of methoxy groups -OCH3 is 1. The maximum atomic E-state index is 13.7. The fraction of sp³-hybridized carbons (Fsp3) is 0.438. The molecule has 0 bridgehead atoms. The van der Waals surface area contributed by atoms with Crippen LogP contribution in [0.1, 0.15) is 39.3 Å². The quantitative estimate of drug-likeness (QED) is 0.923. The van der Waals surface area contributed by atoms with Crippen molar-refractivity contribution in [2.75, 3.05) is 7.11 Å². The summed E-state index contributed by atoms with van der Waals surface area (Å²) in [7, 11) is 0.111. The van der Waals surface area contributed by atoms with Crippen LogP contribution in [0.25, 0.3) is 10.8 Å². The second-order valence-electron chi connectivity index (χ2n) is 6.26. The highest BCUT2D eigenvalue weighted by Gasteiger charge is 2.23. The maximum absolute atomic E-state index is 13.7. The van der Waals surface area contributed by atoms with Gasteiger partial charge in [0.05, 0.1) is 22.8 Å². The fourth-order valence-corrected chi connectivity index (χ4v) is 2.94. The molecule has 0 aliphatic carbocycles. The predicted octanol–water partition coefficient (Wildman–Crippen LogP) is 3.63. The Labute approximate surface area is 136 Å². The third-order valence-corrected chi connectivity index (χ3v) is 5.10. The first kappa shape index (κ1) is 17.7. The molecule has 0 aliphatic heterocycles. The first-order valence-electron chi connectivity index (χ1n) is 7.15. The molecule has 0 spiro atoms. The zero-order valence-electron chi connectivity index (χ0n) is 13.7. The highest BCUT2D eigenvalue weighted by atomic mass is 32.2. The van der Waals surface area contributed by atoms with Crippen molar-refractivity contribution in [1.82, 2.24) is 9.71 Å². The molecule has 1 aromatic heterocycles. The van der Waals surface area contributed by atoms with Crippen LogP contribution >= 0.6 is 0 Å². The van der Waals surface area contributed by atoms with Gasteiger partial charge in [0.15, 0.2) is 11.6 Å². The van der Waals surface area contributed by atoms with E-state index in [1.54, 1.807) is 6.92 Å². The summed E-state index contributed by atoms with van der Waals surface area (Å²) in [6.07, 6.45) is 1.52. The van der Waals surface area contributed by atoms with Gasteiger partial charge >= 0.3 is 0 Å².